The van der Waals surface area contributed by atoms with E-state index in [9.17, 15) is 4.79 Å². The van der Waals surface area contributed by atoms with Crippen LogP contribution >= 0.6 is 0 Å². The van der Waals surface area contributed by atoms with Gasteiger partial charge >= 0.3 is 0 Å². The Morgan fingerprint density at radius 1 is 1.16 bits per heavy atom. The van der Waals surface area contributed by atoms with Gasteiger partial charge in [-0.2, -0.15) is 0 Å². The molecule has 0 aromatic rings. The topological polar surface area (TPSA) is 55.1 Å². The smallest absolute Gasteiger partial charge is 0.223 e. The molecule has 0 spiro atoms. The quantitative estimate of drug-likeness (QED) is 0.825. The Kier molecular flexibility index (Phi) is 4.88. The number of carbonyl (C=O) groups is 1. The first-order valence-corrected chi connectivity index (χ1v) is 8.09. The summed E-state index contributed by atoms with van der Waals surface area (Å²) in [7, 11) is 0. The number of hydrogen-bond acceptors (Lipinski definition) is 2. The zero-order chi connectivity index (χ0) is 13.9. The van der Waals surface area contributed by atoms with Crippen molar-refractivity contribution in [3.63, 3.8) is 0 Å². The van der Waals surface area contributed by atoms with Gasteiger partial charge in [0.15, 0.2) is 0 Å². The summed E-state index contributed by atoms with van der Waals surface area (Å²) in [5.74, 6) is 1.80. The summed E-state index contributed by atoms with van der Waals surface area (Å²) >= 11 is 0. The van der Waals surface area contributed by atoms with Crippen LogP contribution < -0.4 is 11.1 Å². The first-order valence-electron chi connectivity index (χ1n) is 8.09. The number of nitrogens with one attached hydrogen (secondary N) is 1. The number of rotatable bonds is 3. The third kappa shape index (κ3) is 3.31. The highest BCUT2D eigenvalue weighted by molar-refractivity contribution is 5.79. The molecule has 110 valence electrons. The van der Waals surface area contributed by atoms with Crippen LogP contribution in [-0.2, 0) is 4.79 Å². The lowest BCUT2D eigenvalue weighted by Gasteiger charge is -2.43. The van der Waals surface area contributed by atoms with Crippen molar-refractivity contribution in [1.82, 2.24) is 5.32 Å². The second-order valence-corrected chi connectivity index (χ2v) is 6.95. The van der Waals surface area contributed by atoms with E-state index in [1.165, 1.54) is 32.1 Å². The first-order chi connectivity index (χ1) is 9.07. The summed E-state index contributed by atoms with van der Waals surface area (Å²) in [5.41, 5.74) is 5.89. The van der Waals surface area contributed by atoms with Gasteiger partial charge in [0.1, 0.15) is 0 Å². The fourth-order valence-corrected chi connectivity index (χ4v) is 3.82. The first kappa shape index (κ1) is 14.8. The predicted molar refractivity (Wildman–Crippen MR) is 78.7 cm³/mol. The zero-order valence-corrected chi connectivity index (χ0v) is 12.6. The van der Waals surface area contributed by atoms with Gasteiger partial charge in [0.05, 0.1) is 5.54 Å². The Hall–Kier alpha value is -0.570. The summed E-state index contributed by atoms with van der Waals surface area (Å²) in [6.07, 6.45) is 9.23. The number of nitrogens with two attached hydrogens (primary N) is 1. The average molecular weight is 266 g/mol. The molecule has 2 aliphatic rings. The molecular formula is C16H30N2O. The van der Waals surface area contributed by atoms with Crippen molar-refractivity contribution in [1.29, 1.82) is 0 Å². The maximum atomic E-state index is 12.5. The molecule has 0 saturated heterocycles. The van der Waals surface area contributed by atoms with Crippen LogP contribution in [0.4, 0.5) is 0 Å². The maximum absolute atomic E-state index is 12.5. The van der Waals surface area contributed by atoms with Crippen molar-refractivity contribution in [2.75, 3.05) is 6.54 Å². The van der Waals surface area contributed by atoms with E-state index >= 15 is 0 Å². The van der Waals surface area contributed by atoms with E-state index in [-0.39, 0.29) is 17.4 Å². The molecule has 2 atom stereocenters. The summed E-state index contributed by atoms with van der Waals surface area (Å²) < 4.78 is 0. The van der Waals surface area contributed by atoms with Crippen LogP contribution in [0.5, 0.6) is 0 Å². The highest BCUT2D eigenvalue weighted by atomic mass is 16.2. The van der Waals surface area contributed by atoms with Gasteiger partial charge < -0.3 is 11.1 Å². The third-order valence-electron chi connectivity index (χ3n) is 5.58. The van der Waals surface area contributed by atoms with Gasteiger partial charge in [-0.3, -0.25) is 4.79 Å². The minimum Gasteiger partial charge on any atom is -0.349 e. The Balaban J connectivity index is 1.95. The molecule has 19 heavy (non-hydrogen) atoms. The Morgan fingerprint density at radius 3 is 2.42 bits per heavy atom. The second kappa shape index (κ2) is 6.25. The normalized spacial score (nSPS) is 39.8. The van der Waals surface area contributed by atoms with Gasteiger partial charge in [0, 0.05) is 12.5 Å². The van der Waals surface area contributed by atoms with E-state index in [1.54, 1.807) is 0 Å². The van der Waals surface area contributed by atoms with Crippen LogP contribution in [0.3, 0.4) is 0 Å². The van der Waals surface area contributed by atoms with Crippen molar-refractivity contribution in [3.8, 4) is 0 Å². The van der Waals surface area contributed by atoms with Crippen LogP contribution in [0.25, 0.3) is 0 Å². The Labute approximate surface area is 117 Å². The molecule has 2 aliphatic carbocycles. The van der Waals surface area contributed by atoms with Crippen LogP contribution in [0.1, 0.15) is 65.2 Å². The molecule has 0 aliphatic heterocycles. The highest BCUT2D eigenvalue weighted by Gasteiger charge is 2.39. The molecule has 2 saturated carbocycles. The molecule has 3 N–H and O–H groups in total. The van der Waals surface area contributed by atoms with Gasteiger partial charge in [-0.1, -0.05) is 26.7 Å². The molecule has 1 amide bonds. The summed E-state index contributed by atoms with van der Waals surface area (Å²) in [5, 5.41) is 3.35. The van der Waals surface area contributed by atoms with Gasteiger partial charge in [-0.05, 0) is 50.4 Å². The maximum Gasteiger partial charge on any atom is 0.223 e. The van der Waals surface area contributed by atoms with Crippen LogP contribution in [0, 0.1) is 17.8 Å². The minimum absolute atomic E-state index is 0.127. The summed E-state index contributed by atoms with van der Waals surface area (Å²) in [6, 6.07) is 0. The lowest BCUT2D eigenvalue weighted by Crippen LogP contribution is -2.60. The fourth-order valence-electron chi connectivity index (χ4n) is 3.82. The van der Waals surface area contributed by atoms with Gasteiger partial charge in [-0.25, -0.2) is 0 Å². The molecule has 3 heteroatoms. The standard InChI is InChI=1S/C16H30N2O/c1-12-6-8-14(9-7-12)15(19)18-16(11-17)10-4-3-5-13(16)2/h12-14H,3-11,17H2,1-2H3,(H,18,19). The van der Waals surface area contributed by atoms with Gasteiger partial charge in [0.25, 0.3) is 0 Å². The highest BCUT2D eigenvalue weighted by Crippen LogP contribution is 2.34. The molecule has 2 rings (SSSR count). The molecular weight excluding hydrogens is 236 g/mol. The van der Waals surface area contributed by atoms with Gasteiger partial charge in [-0.15, -0.1) is 0 Å². The van der Waals surface area contributed by atoms with Crippen molar-refractivity contribution in [2.45, 2.75) is 70.8 Å². The summed E-state index contributed by atoms with van der Waals surface area (Å²) in [4.78, 5) is 12.5. The van der Waals surface area contributed by atoms with Crippen molar-refractivity contribution in [3.05, 3.63) is 0 Å². The molecule has 0 heterocycles. The predicted octanol–water partition coefficient (Wildman–Crippen LogP) is 2.84. The molecule has 3 nitrogen and oxygen atoms in total. The fraction of sp³-hybridized carbons (Fsp3) is 0.938. The molecule has 0 bridgehead atoms. The van der Waals surface area contributed by atoms with Gasteiger partial charge in [0.2, 0.25) is 5.91 Å². The number of carbonyl (C=O) groups excluding carboxylic acids is 1. The number of amides is 1. The lowest BCUT2D eigenvalue weighted by molar-refractivity contribution is -0.129. The van der Waals surface area contributed by atoms with Crippen molar-refractivity contribution < 1.29 is 4.79 Å². The monoisotopic (exact) mass is 266 g/mol. The average Bonchev–Trinajstić information content (AvgIpc) is 2.42. The van der Waals surface area contributed by atoms with E-state index < -0.39 is 0 Å². The Morgan fingerprint density at radius 2 is 1.84 bits per heavy atom. The largest absolute Gasteiger partial charge is 0.349 e. The second-order valence-electron chi connectivity index (χ2n) is 6.95. The van der Waals surface area contributed by atoms with E-state index in [1.807, 2.05) is 0 Å². The minimum atomic E-state index is -0.127. The molecule has 2 unspecified atom stereocenters. The Bertz CT molecular complexity index is 310. The molecule has 0 radical (unpaired) electrons. The van der Waals surface area contributed by atoms with Crippen LogP contribution in [0.2, 0.25) is 0 Å². The van der Waals surface area contributed by atoms with E-state index in [4.69, 9.17) is 5.73 Å². The van der Waals surface area contributed by atoms with Crippen molar-refractivity contribution in [2.24, 2.45) is 23.5 Å². The van der Waals surface area contributed by atoms with E-state index in [0.717, 1.165) is 25.2 Å². The van der Waals surface area contributed by atoms with E-state index in [2.05, 4.69) is 19.2 Å². The summed E-state index contributed by atoms with van der Waals surface area (Å²) in [6.45, 7) is 5.12. The van der Waals surface area contributed by atoms with Crippen molar-refractivity contribution >= 4 is 5.91 Å². The van der Waals surface area contributed by atoms with E-state index in [0.29, 0.717) is 12.5 Å². The molecule has 0 aromatic heterocycles. The SMILES string of the molecule is CC1CCC(C(=O)NC2(CN)CCCCC2C)CC1. The molecule has 0 aromatic carbocycles. The number of hydrogen-bond donors (Lipinski definition) is 2. The van der Waals surface area contributed by atoms with Crippen LogP contribution in [0.15, 0.2) is 0 Å². The molecule has 2 fully saturated rings. The lowest BCUT2D eigenvalue weighted by atomic mass is 9.73. The zero-order valence-electron chi connectivity index (χ0n) is 12.6. The van der Waals surface area contributed by atoms with Crippen LogP contribution in [-0.4, -0.2) is 18.0 Å². The third-order valence-corrected chi connectivity index (χ3v) is 5.58.